The molecule has 1 N–H and O–H groups in total. The van der Waals surface area contributed by atoms with Gasteiger partial charge < -0.3 is 10.0 Å². The molecule has 0 spiro atoms. The van der Waals surface area contributed by atoms with Crippen LogP contribution in [0.3, 0.4) is 0 Å². The summed E-state index contributed by atoms with van der Waals surface area (Å²) in [4.78, 5) is 5.16. The Morgan fingerprint density at radius 2 is 2.00 bits per heavy atom. The zero-order valence-corrected chi connectivity index (χ0v) is 9.86. The maximum atomic E-state index is 9.25. The first-order valence-electron chi connectivity index (χ1n) is 6.40. The third-order valence-corrected chi connectivity index (χ3v) is 3.77. The van der Waals surface area contributed by atoms with Gasteiger partial charge in [-0.1, -0.05) is 0 Å². The van der Waals surface area contributed by atoms with Crippen LogP contribution in [0.25, 0.3) is 0 Å². The van der Waals surface area contributed by atoms with Crippen molar-refractivity contribution in [3.8, 4) is 0 Å². The molecule has 2 aliphatic heterocycles. The van der Waals surface area contributed by atoms with Crippen molar-refractivity contribution in [1.82, 2.24) is 9.80 Å². The number of aliphatic hydroxyl groups is 1. The van der Waals surface area contributed by atoms with Crippen molar-refractivity contribution in [2.24, 2.45) is 0 Å². The molecule has 0 aromatic carbocycles. The van der Waals surface area contributed by atoms with Crippen LogP contribution >= 0.6 is 0 Å². The van der Waals surface area contributed by atoms with E-state index in [9.17, 15) is 5.11 Å². The summed E-state index contributed by atoms with van der Waals surface area (Å²) in [5.74, 6) is 0. The summed E-state index contributed by atoms with van der Waals surface area (Å²) in [6, 6.07) is 0.807. The summed E-state index contributed by atoms with van der Waals surface area (Å²) in [7, 11) is 0. The first-order valence-corrected chi connectivity index (χ1v) is 6.40. The third-order valence-electron chi connectivity index (χ3n) is 3.77. The van der Waals surface area contributed by atoms with Gasteiger partial charge in [-0.05, 0) is 52.2 Å². The molecule has 0 aliphatic carbocycles. The summed E-state index contributed by atoms with van der Waals surface area (Å²) in [5, 5.41) is 9.25. The molecule has 0 aromatic heterocycles. The van der Waals surface area contributed by atoms with E-state index in [2.05, 4.69) is 9.80 Å². The smallest absolute Gasteiger partial charge is 0.0524 e. The number of likely N-dealkylation sites (tertiary alicyclic amines) is 2. The fourth-order valence-electron chi connectivity index (χ4n) is 2.79. The van der Waals surface area contributed by atoms with E-state index in [0.29, 0.717) is 0 Å². The molecular formula is C12H24N2O. The van der Waals surface area contributed by atoms with Gasteiger partial charge >= 0.3 is 0 Å². The number of hydrogen-bond donors (Lipinski definition) is 1. The fourth-order valence-corrected chi connectivity index (χ4v) is 2.79. The molecule has 3 heteroatoms. The highest BCUT2D eigenvalue weighted by Crippen LogP contribution is 2.20. The van der Waals surface area contributed by atoms with E-state index in [1.165, 1.54) is 45.4 Å². The largest absolute Gasteiger partial charge is 0.393 e. The first-order chi connectivity index (χ1) is 7.25. The lowest BCUT2D eigenvalue weighted by Crippen LogP contribution is -2.35. The van der Waals surface area contributed by atoms with Gasteiger partial charge in [-0.15, -0.1) is 0 Å². The van der Waals surface area contributed by atoms with Crippen LogP contribution < -0.4 is 0 Å². The minimum atomic E-state index is -0.143. The van der Waals surface area contributed by atoms with Crippen molar-refractivity contribution in [2.75, 3.05) is 32.7 Å². The van der Waals surface area contributed by atoms with Crippen LogP contribution in [-0.4, -0.2) is 59.8 Å². The van der Waals surface area contributed by atoms with Crippen LogP contribution in [-0.2, 0) is 0 Å². The van der Waals surface area contributed by atoms with Gasteiger partial charge in [0, 0.05) is 19.1 Å². The fraction of sp³-hybridized carbons (Fsp3) is 1.00. The molecule has 2 aliphatic rings. The average Bonchev–Trinajstić information content (AvgIpc) is 2.85. The summed E-state index contributed by atoms with van der Waals surface area (Å²) >= 11 is 0. The predicted octanol–water partition coefficient (Wildman–Crippen LogP) is 0.927. The van der Waals surface area contributed by atoms with Gasteiger partial charge in [0.2, 0.25) is 0 Å². The van der Waals surface area contributed by atoms with Crippen LogP contribution in [0, 0.1) is 0 Å². The quantitative estimate of drug-likeness (QED) is 0.751. The highest BCUT2D eigenvalue weighted by Gasteiger charge is 2.28. The molecule has 2 rings (SSSR count). The van der Waals surface area contributed by atoms with E-state index >= 15 is 0 Å². The molecule has 0 saturated carbocycles. The second-order valence-corrected chi connectivity index (χ2v) is 5.12. The maximum absolute atomic E-state index is 9.25. The van der Waals surface area contributed by atoms with E-state index in [1.54, 1.807) is 0 Å². The highest BCUT2D eigenvalue weighted by atomic mass is 16.3. The minimum Gasteiger partial charge on any atom is -0.393 e. The Kier molecular flexibility index (Phi) is 4.00. The van der Waals surface area contributed by atoms with Crippen LogP contribution in [0.2, 0.25) is 0 Å². The van der Waals surface area contributed by atoms with Crippen molar-refractivity contribution in [1.29, 1.82) is 0 Å². The molecule has 15 heavy (non-hydrogen) atoms. The van der Waals surface area contributed by atoms with E-state index in [-0.39, 0.29) is 6.10 Å². The number of rotatable bonds is 4. The lowest BCUT2D eigenvalue weighted by atomic mass is 10.2. The van der Waals surface area contributed by atoms with Crippen LogP contribution in [0.15, 0.2) is 0 Å². The van der Waals surface area contributed by atoms with E-state index in [1.807, 2.05) is 6.92 Å². The lowest BCUT2D eigenvalue weighted by Gasteiger charge is -2.23. The molecule has 0 bridgehead atoms. The highest BCUT2D eigenvalue weighted by molar-refractivity contribution is 4.85. The molecule has 0 aromatic rings. The molecular weight excluding hydrogens is 188 g/mol. The van der Waals surface area contributed by atoms with Crippen molar-refractivity contribution >= 4 is 0 Å². The molecule has 2 unspecified atom stereocenters. The van der Waals surface area contributed by atoms with Crippen molar-refractivity contribution in [3.63, 3.8) is 0 Å². The van der Waals surface area contributed by atoms with Gasteiger partial charge in [0.1, 0.15) is 0 Å². The molecule has 2 atom stereocenters. The zero-order chi connectivity index (χ0) is 10.7. The van der Waals surface area contributed by atoms with Gasteiger partial charge in [-0.25, -0.2) is 0 Å². The Balaban J connectivity index is 1.69. The summed E-state index contributed by atoms with van der Waals surface area (Å²) in [5.41, 5.74) is 0. The Morgan fingerprint density at radius 3 is 2.67 bits per heavy atom. The number of nitrogens with zero attached hydrogens (tertiary/aromatic N) is 2. The van der Waals surface area contributed by atoms with E-state index in [0.717, 1.165) is 19.0 Å². The van der Waals surface area contributed by atoms with Crippen LogP contribution in [0.4, 0.5) is 0 Å². The van der Waals surface area contributed by atoms with Crippen LogP contribution in [0.1, 0.15) is 32.6 Å². The Hall–Kier alpha value is -0.120. The molecule has 2 saturated heterocycles. The van der Waals surface area contributed by atoms with Gasteiger partial charge in [-0.2, -0.15) is 0 Å². The normalized spacial score (nSPS) is 31.2. The van der Waals surface area contributed by atoms with Gasteiger partial charge in [0.25, 0.3) is 0 Å². The van der Waals surface area contributed by atoms with Crippen molar-refractivity contribution < 1.29 is 5.11 Å². The molecule has 2 heterocycles. The van der Waals surface area contributed by atoms with Crippen molar-refractivity contribution in [3.05, 3.63) is 0 Å². The molecule has 0 amide bonds. The summed E-state index contributed by atoms with van der Waals surface area (Å²) in [6.07, 6.45) is 4.90. The lowest BCUT2D eigenvalue weighted by molar-refractivity contribution is 0.159. The zero-order valence-electron chi connectivity index (χ0n) is 9.86. The topological polar surface area (TPSA) is 26.7 Å². The Labute approximate surface area is 93.1 Å². The van der Waals surface area contributed by atoms with Gasteiger partial charge in [0.15, 0.2) is 0 Å². The second kappa shape index (κ2) is 5.28. The second-order valence-electron chi connectivity index (χ2n) is 5.12. The molecule has 88 valence electrons. The first kappa shape index (κ1) is 11.4. The van der Waals surface area contributed by atoms with E-state index in [4.69, 9.17) is 0 Å². The van der Waals surface area contributed by atoms with Crippen LogP contribution in [0.5, 0.6) is 0 Å². The number of hydrogen-bond acceptors (Lipinski definition) is 3. The monoisotopic (exact) mass is 212 g/mol. The maximum Gasteiger partial charge on any atom is 0.0524 e. The Morgan fingerprint density at radius 1 is 1.27 bits per heavy atom. The van der Waals surface area contributed by atoms with E-state index < -0.39 is 0 Å². The predicted molar refractivity (Wildman–Crippen MR) is 61.9 cm³/mol. The molecule has 2 fully saturated rings. The minimum absolute atomic E-state index is 0.143. The van der Waals surface area contributed by atoms with Gasteiger partial charge in [-0.3, -0.25) is 4.90 Å². The molecule has 0 radical (unpaired) electrons. The summed E-state index contributed by atoms with van der Waals surface area (Å²) < 4.78 is 0. The number of aliphatic hydroxyl groups excluding tert-OH is 1. The third kappa shape index (κ3) is 3.16. The summed E-state index contributed by atoms with van der Waals surface area (Å²) in [6.45, 7) is 8.04. The SMILES string of the molecule is CC(O)CCN1CCC(N2CCCC2)C1. The molecule has 3 nitrogen and oxygen atoms in total. The van der Waals surface area contributed by atoms with Crippen molar-refractivity contribution in [2.45, 2.75) is 44.8 Å². The standard InChI is InChI=1S/C12H24N2O/c1-11(15)4-8-13-9-5-12(10-13)14-6-2-3-7-14/h11-12,15H,2-10H2,1H3. The average molecular weight is 212 g/mol. The van der Waals surface area contributed by atoms with Gasteiger partial charge in [0.05, 0.1) is 6.10 Å². The Bertz CT molecular complexity index is 190.